The Balaban J connectivity index is 1.79. The first-order valence-electron chi connectivity index (χ1n) is 9.67. The Kier molecular flexibility index (Phi) is 3.73. The van der Waals surface area contributed by atoms with Gasteiger partial charge in [-0.25, -0.2) is 0 Å². The second kappa shape index (κ2) is 5.41. The molecule has 4 nitrogen and oxygen atoms in total. The fraction of sp³-hybridized carbons (Fsp3) is 0.810. The number of aliphatic hydroxyl groups excluding tert-OH is 1. The monoisotopic (exact) mass is 344 g/mol. The molecule has 0 heterocycles. The summed E-state index contributed by atoms with van der Waals surface area (Å²) in [6.45, 7) is 2.09. The number of ketones is 2. The van der Waals surface area contributed by atoms with Gasteiger partial charge in [-0.15, -0.1) is 12.3 Å². The van der Waals surface area contributed by atoms with Gasteiger partial charge >= 0.3 is 0 Å². The molecule has 0 spiro atoms. The Morgan fingerprint density at radius 2 is 1.96 bits per heavy atom. The van der Waals surface area contributed by atoms with E-state index < -0.39 is 17.1 Å². The van der Waals surface area contributed by atoms with Gasteiger partial charge in [0.05, 0.1) is 6.10 Å². The molecule has 4 rings (SSSR count). The lowest BCUT2D eigenvalue weighted by Crippen LogP contribution is -2.69. The van der Waals surface area contributed by atoms with Gasteiger partial charge in [-0.3, -0.25) is 9.59 Å². The van der Waals surface area contributed by atoms with Crippen molar-refractivity contribution in [2.24, 2.45) is 28.6 Å². The SMILES string of the molecule is C#CC[C@]12CCC(=O)C[C@]1(O)[C@H](O)C[C@@H]1[C@@H]2CC[C@]2(C)C(=O)CC[C@@H]12. The van der Waals surface area contributed by atoms with Gasteiger partial charge in [0, 0.05) is 36.5 Å². The Bertz CT molecular complexity index is 663. The number of fused-ring (bicyclic) bond motifs is 5. The molecule has 0 aromatic carbocycles. The molecule has 0 bridgehead atoms. The molecule has 7 atom stereocenters. The van der Waals surface area contributed by atoms with Crippen LogP contribution in [0.1, 0.15) is 64.7 Å². The molecule has 0 aromatic heterocycles. The average Bonchev–Trinajstić information content (AvgIpc) is 2.86. The number of Topliss-reactive ketones (excluding diaryl/α,β-unsaturated/α-hetero) is 2. The molecule has 4 fully saturated rings. The Hall–Kier alpha value is -1.18. The largest absolute Gasteiger partial charge is 0.390 e. The van der Waals surface area contributed by atoms with Crippen LogP contribution in [0.25, 0.3) is 0 Å². The van der Waals surface area contributed by atoms with Crippen molar-refractivity contribution < 1.29 is 19.8 Å². The number of carbonyl (C=O) groups excluding carboxylic acids is 2. The second-order valence-corrected chi connectivity index (χ2v) is 9.22. The van der Waals surface area contributed by atoms with Crippen LogP contribution < -0.4 is 0 Å². The molecule has 136 valence electrons. The molecule has 0 amide bonds. The summed E-state index contributed by atoms with van der Waals surface area (Å²) in [5.41, 5.74) is -2.28. The van der Waals surface area contributed by atoms with Gasteiger partial charge in [0.25, 0.3) is 0 Å². The fourth-order valence-electron chi connectivity index (χ4n) is 7.18. The highest BCUT2D eigenvalue weighted by Crippen LogP contribution is 2.67. The molecule has 0 unspecified atom stereocenters. The van der Waals surface area contributed by atoms with E-state index in [1.807, 2.05) is 0 Å². The molecule has 4 aliphatic carbocycles. The fourth-order valence-corrected chi connectivity index (χ4v) is 7.18. The minimum atomic E-state index is -1.41. The van der Waals surface area contributed by atoms with E-state index in [2.05, 4.69) is 12.8 Å². The molecule has 0 saturated heterocycles. The topological polar surface area (TPSA) is 74.6 Å². The van der Waals surface area contributed by atoms with Gasteiger partial charge in [0.2, 0.25) is 0 Å². The molecular formula is C21H28O4. The summed E-state index contributed by atoms with van der Waals surface area (Å²) in [4.78, 5) is 24.6. The third kappa shape index (κ3) is 2.03. The van der Waals surface area contributed by atoms with Gasteiger partial charge < -0.3 is 10.2 Å². The van der Waals surface area contributed by atoms with Crippen LogP contribution in [0.5, 0.6) is 0 Å². The van der Waals surface area contributed by atoms with E-state index in [1.54, 1.807) is 0 Å². The molecule has 2 N–H and O–H groups in total. The first-order chi connectivity index (χ1) is 11.8. The van der Waals surface area contributed by atoms with E-state index in [0.29, 0.717) is 37.9 Å². The van der Waals surface area contributed by atoms with Gasteiger partial charge in [-0.2, -0.15) is 0 Å². The first-order valence-corrected chi connectivity index (χ1v) is 9.67. The molecule has 4 heteroatoms. The van der Waals surface area contributed by atoms with Crippen LogP contribution in [0, 0.1) is 40.9 Å². The molecule has 25 heavy (non-hydrogen) atoms. The third-order valence-corrected chi connectivity index (χ3v) is 8.50. The summed E-state index contributed by atoms with van der Waals surface area (Å²) in [6, 6.07) is 0. The summed E-state index contributed by atoms with van der Waals surface area (Å²) >= 11 is 0. The lowest BCUT2D eigenvalue weighted by atomic mass is 9.42. The smallest absolute Gasteiger partial charge is 0.139 e. The Morgan fingerprint density at radius 1 is 1.20 bits per heavy atom. The zero-order chi connectivity index (χ0) is 18.0. The normalized spacial score (nSPS) is 52.1. The van der Waals surface area contributed by atoms with E-state index in [-0.39, 0.29) is 35.4 Å². The lowest BCUT2D eigenvalue weighted by molar-refractivity contribution is -0.251. The van der Waals surface area contributed by atoms with Gasteiger partial charge in [-0.1, -0.05) is 6.92 Å². The van der Waals surface area contributed by atoms with Crippen LogP contribution in [0.3, 0.4) is 0 Å². The maximum absolute atomic E-state index is 12.5. The zero-order valence-electron chi connectivity index (χ0n) is 15.0. The van der Waals surface area contributed by atoms with Crippen molar-refractivity contribution in [3.63, 3.8) is 0 Å². The molecule has 0 aromatic rings. The number of hydrogen-bond acceptors (Lipinski definition) is 4. The number of rotatable bonds is 1. The van der Waals surface area contributed by atoms with Crippen molar-refractivity contribution in [1.29, 1.82) is 0 Å². The Labute approximate surface area is 149 Å². The number of aliphatic hydroxyl groups is 2. The van der Waals surface area contributed by atoms with Crippen molar-refractivity contribution >= 4 is 11.6 Å². The van der Waals surface area contributed by atoms with E-state index in [0.717, 1.165) is 19.3 Å². The van der Waals surface area contributed by atoms with E-state index in [4.69, 9.17) is 6.42 Å². The zero-order valence-corrected chi connectivity index (χ0v) is 15.0. The highest BCUT2D eigenvalue weighted by atomic mass is 16.3. The maximum atomic E-state index is 12.5. The number of carbonyl (C=O) groups is 2. The van der Waals surface area contributed by atoms with Crippen molar-refractivity contribution in [1.82, 2.24) is 0 Å². The van der Waals surface area contributed by atoms with Crippen molar-refractivity contribution in [3.05, 3.63) is 0 Å². The molecule has 0 radical (unpaired) electrons. The van der Waals surface area contributed by atoms with Crippen LogP contribution in [-0.4, -0.2) is 33.5 Å². The predicted molar refractivity (Wildman–Crippen MR) is 92.4 cm³/mol. The van der Waals surface area contributed by atoms with E-state index in [1.165, 1.54) is 0 Å². The number of terminal acetylenes is 1. The van der Waals surface area contributed by atoms with Gasteiger partial charge in [-0.05, 0) is 49.9 Å². The van der Waals surface area contributed by atoms with Crippen LogP contribution in [0.15, 0.2) is 0 Å². The highest BCUT2D eigenvalue weighted by Gasteiger charge is 2.68. The summed E-state index contributed by atoms with van der Waals surface area (Å²) < 4.78 is 0. The van der Waals surface area contributed by atoms with Crippen LogP contribution in [0.2, 0.25) is 0 Å². The lowest BCUT2D eigenvalue weighted by Gasteiger charge is -2.64. The van der Waals surface area contributed by atoms with Crippen molar-refractivity contribution in [3.8, 4) is 12.3 Å². The highest BCUT2D eigenvalue weighted by molar-refractivity contribution is 5.87. The van der Waals surface area contributed by atoms with E-state index >= 15 is 0 Å². The summed E-state index contributed by atoms with van der Waals surface area (Å²) in [5.74, 6) is 3.79. The standard InChI is InChI=1S/C21H28O4/c1-3-8-20-10-6-13(22)12-21(20,25)18(24)11-14-15-4-5-17(23)19(15,2)9-7-16(14)20/h1,14-16,18,24-25H,4-12H2,2H3/t14-,15-,16-,18+,19-,20+,21-/m0/s1. The van der Waals surface area contributed by atoms with Gasteiger partial charge in [0.15, 0.2) is 0 Å². The second-order valence-electron chi connectivity index (χ2n) is 9.22. The number of hydrogen-bond donors (Lipinski definition) is 2. The van der Waals surface area contributed by atoms with Crippen molar-refractivity contribution in [2.45, 2.75) is 76.4 Å². The van der Waals surface area contributed by atoms with Crippen molar-refractivity contribution in [2.75, 3.05) is 0 Å². The molecule has 0 aliphatic heterocycles. The van der Waals surface area contributed by atoms with Gasteiger partial charge in [0.1, 0.15) is 17.2 Å². The molecule has 4 saturated carbocycles. The summed E-state index contributed by atoms with van der Waals surface area (Å²) in [7, 11) is 0. The van der Waals surface area contributed by atoms with Crippen LogP contribution >= 0.6 is 0 Å². The molecule has 4 aliphatic rings. The molecular weight excluding hydrogens is 316 g/mol. The predicted octanol–water partition coefficient (Wildman–Crippen LogP) is 2.26. The third-order valence-electron chi connectivity index (χ3n) is 8.50. The minimum Gasteiger partial charge on any atom is -0.390 e. The summed E-state index contributed by atoms with van der Waals surface area (Å²) in [6.07, 6.45) is 9.84. The van der Waals surface area contributed by atoms with Crippen LogP contribution in [0.4, 0.5) is 0 Å². The van der Waals surface area contributed by atoms with Crippen LogP contribution in [-0.2, 0) is 9.59 Å². The average molecular weight is 344 g/mol. The van der Waals surface area contributed by atoms with E-state index in [9.17, 15) is 19.8 Å². The quantitative estimate of drug-likeness (QED) is 0.716. The Morgan fingerprint density at radius 3 is 2.68 bits per heavy atom. The summed E-state index contributed by atoms with van der Waals surface area (Å²) in [5, 5.41) is 22.4. The maximum Gasteiger partial charge on any atom is 0.139 e. The minimum absolute atomic E-state index is 0.0138. The first kappa shape index (κ1) is 17.2.